The number of non-ortho nitro benzene ring substituents is 1. The minimum absolute atomic E-state index is 0.0417. The number of thioether (sulfide) groups is 1. The molecule has 0 N–H and O–H groups in total. The van der Waals surface area contributed by atoms with Crippen LogP contribution in [0.4, 0.5) is 11.4 Å². The van der Waals surface area contributed by atoms with E-state index in [4.69, 9.17) is 14.5 Å². The summed E-state index contributed by atoms with van der Waals surface area (Å²) in [5.74, 6) is 1.29. The molecule has 4 aromatic carbocycles. The van der Waals surface area contributed by atoms with E-state index in [1.165, 1.54) is 23.9 Å². The predicted molar refractivity (Wildman–Crippen MR) is 157 cm³/mol. The maximum atomic E-state index is 13.5. The number of para-hydroxylation sites is 1. The van der Waals surface area contributed by atoms with Crippen LogP contribution in [-0.2, 0) is 17.9 Å². The van der Waals surface area contributed by atoms with Gasteiger partial charge in [0, 0.05) is 12.1 Å². The lowest BCUT2D eigenvalue weighted by Crippen LogP contribution is -2.28. The van der Waals surface area contributed by atoms with E-state index in [0.29, 0.717) is 22.4 Å². The number of hydrogen-bond donors (Lipinski definition) is 0. The summed E-state index contributed by atoms with van der Waals surface area (Å²) in [4.78, 5) is 30.9. The topological polar surface area (TPSA) is 94.3 Å². The molecular formula is C31H25N3O5S. The molecule has 40 heavy (non-hydrogen) atoms. The Bertz CT molecular complexity index is 1550. The molecule has 4 aromatic rings. The van der Waals surface area contributed by atoms with Crippen molar-refractivity contribution in [3.63, 3.8) is 0 Å². The van der Waals surface area contributed by atoms with Gasteiger partial charge in [-0.2, -0.15) is 0 Å². The monoisotopic (exact) mass is 551 g/mol. The van der Waals surface area contributed by atoms with E-state index < -0.39 is 4.92 Å². The Morgan fingerprint density at radius 3 is 2.17 bits per heavy atom. The second-order valence-electron chi connectivity index (χ2n) is 8.86. The fourth-order valence-electron chi connectivity index (χ4n) is 3.95. The fourth-order valence-corrected chi connectivity index (χ4v) is 4.95. The third kappa shape index (κ3) is 6.57. The number of rotatable bonds is 9. The van der Waals surface area contributed by atoms with Gasteiger partial charge in [-0.3, -0.25) is 19.8 Å². The van der Waals surface area contributed by atoms with Crippen molar-refractivity contribution in [3.8, 4) is 11.5 Å². The number of nitro groups is 1. The summed E-state index contributed by atoms with van der Waals surface area (Å²) in [6, 6.07) is 30.9. The molecular weight excluding hydrogens is 526 g/mol. The standard InChI is InChI=1S/C31H25N3O5S/c1-38-27-15-11-23(12-16-27)20-33-30(35)29(40-31(33)32-25-5-3-2-4-6-25)19-22-9-17-28(18-10-22)39-21-24-7-13-26(14-8-24)34(36)37/h2-19H,20-21H2,1H3/b29-19-,32-31?. The van der Waals surface area contributed by atoms with E-state index in [2.05, 4.69) is 0 Å². The van der Waals surface area contributed by atoms with Crippen LogP contribution in [0.5, 0.6) is 11.5 Å². The number of nitro benzene ring substituents is 1. The molecule has 1 aliphatic heterocycles. The third-order valence-electron chi connectivity index (χ3n) is 6.10. The summed E-state index contributed by atoms with van der Waals surface area (Å²) in [5, 5.41) is 11.4. The molecule has 0 atom stereocenters. The number of carbonyl (C=O) groups excluding carboxylic acids is 1. The van der Waals surface area contributed by atoms with E-state index in [1.54, 1.807) is 24.1 Å². The van der Waals surface area contributed by atoms with Crippen molar-refractivity contribution in [1.82, 2.24) is 4.90 Å². The first-order valence-electron chi connectivity index (χ1n) is 12.4. The average molecular weight is 552 g/mol. The van der Waals surface area contributed by atoms with E-state index >= 15 is 0 Å². The van der Waals surface area contributed by atoms with Crippen LogP contribution in [0, 0.1) is 10.1 Å². The lowest BCUT2D eigenvalue weighted by Gasteiger charge is -2.16. The van der Waals surface area contributed by atoms with Crippen LogP contribution >= 0.6 is 11.8 Å². The van der Waals surface area contributed by atoms with Crippen LogP contribution in [-0.4, -0.2) is 28.0 Å². The number of hydrogen-bond acceptors (Lipinski definition) is 7. The van der Waals surface area contributed by atoms with Crippen molar-refractivity contribution >= 4 is 40.3 Å². The van der Waals surface area contributed by atoms with Crippen LogP contribution in [0.15, 0.2) is 113 Å². The first kappa shape index (κ1) is 26.7. The highest BCUT2D eigenvalue weighted by atomic mass is 32.2. The zero-order chi connectivity index (χ0) is 27.9. The van der Waals surface area contributed by atoms with Crippen molar-refractivity contribution in [3.05, 3.63) is 135 Å². The second-order valence-corrected chi connectivity index (χ2v) is 9.87. The zero-order valence-corrected chi connectivity index (χ0v) is 22.4. The number of aliphatic imine (C=N–C) groups is 1. The van der Waals surface area contributed by atoms with E-state index in [1.807, 2.05) is 84.9 Å². The highest BCUT2D eigenvalue weighted by Crippen LogP contribution is 2.35. The van der Waals surface area contributed by atoms with Crippen molar-refractivity contribution in [1.29, 1.82) is 0 Å². The van der Waals surface area contributed by atoms with Gasteiger partial charge in [0.25, 0.3) is 11.6 Å². The quantitative estimate of drug-likeness (QED) is 0.126. The summed E-state index contributed by atoms with van der Waals surface area (Å²) in [6.07, 6.45) is 1.85. The number of ether oxygens (including phenoxy) is 2. The Labute approximate surface area is 235 Å². The molecule has 0 aliphatic carbocycles. The molecule has 1 aliphatic rings. The predicted octanol–water partition coefficient (Wildman–Crippen LogP) is 6.99. The number of nitrogens with zero attached hydrogens (tertiary/aromatic N) is 3. The largest absolute Gasteiger partial charge is 0.497 e. The maximum Gasteiger partial charge on any atom is 0.269 e. The third-order valence-corrected chi connectivity index (χ3v) is 7.11. The zero-order valence-electron chi connectivity index (χ0n) is 21.6. The van der Waals surface area contributed by atoms with Gasteiger partial charge in [0.1, 0.15) is 18.1 Å². The fraction of sp³-hybridized carbons (Fsp3) is 0.0968. The SMILES string of the molecule is COc1ccc(CN2C(=O)/C(=C/c3ccc(OCc4ccc([N+](=O)[O-])cc4)cc3)SC2=Nc2ccccc2)cc1. The minimum Gasteiger partial charge on any atom is -0.497 e. The number of carbonyl (C=O) groups is 1. The second kappa shape index (κ2) is 12.3. The Morgan fingerprint density at radius 2 is 1.52 bits per heavy atom. The molecule has 0 unspecified atom stereocenters. The molecule has 0 bridgehead atoms. The molecule has 0 aromatic heterocycles. The average Bonchev–Trinajstić information content (AvgIpc) is 3.26. The van der Waals surface area contributed by atoms with E-state index in [-0.39, 0.29) is 18.2 Å². The molecule has 1 fully saturated rings. The smallest absolute Gasteiger partial charge is 0.269 e. The van der Waals surface area contributed by atoms with Crippen LogP contribution in [0.3, 0.4) is 0 Å². The highest BCUT2D eigenvalue weighted by molar-refractivity contribution is 8.18. The highest BCUT2D eigenvalue weighted by Gasteiger charge is 2.33. The molecule has 1 heterocycles. The summed E-state index contributed by atoms with van der Waals surface area (Å²) in [7, 11) is 1.62. The summed E-state index contributed by atoms with van der Waals surface area (Å²) in [6.45, 7) is 0.667. The first-order chi connectivity index (χ1) is 19.5. The lowest BCUT2D eigenvalue weighted by molar-refractivity contribution is -0.384. The summed E-state index contributed by atoms with van der Waals surface area (Å²) >= 11 is 1.34. The Hall–Kier alpha value is -4.89. The first-order valence-corrected chi connectivity index (χ1v) is 13.2. The molecule has 9 heteroatoms. The van der Waals surface area contributed by atoms with Crippen LogP contribution in [0.2, 0.25) is 0 Å². The molecule has 1 amide bonds. The van der Waals surface area contributed by atoms with Gasteiger partial charge in [-0.05, 0) is 83.1 Å². The number of benzene rings is 4. The molecule has 200 valence electrons. The van der Waals surface area contributed by atoms with Crippen LogP contribution in [0.25, 0.3) is 6.08 Å². The normalized spacial score (nSPS) is 15.0. The Balaban J connectivity index is 1.31. The van der Waals surface area contributed by atoms with Gasteiger partial charge in [-0.15, -0.1) is 0 Å². The van der Waals surface area contributed by atoms with Gasteiger partial charge in [0.15, 0.2) is 5.17 Å². The van der Waals surface area contributed by atoms with Gasteiger partial charge in [-0.25, -0.2) is 4.99 Å². The molecule has 0 spiro atoms. The number of amidine groups is 1. The summed E-state index contributed by atoms with van der Waals surface area (Å²) in [5.41, 5.74) is 3.45. The lowest BCUT2D eigenvalue weighted by atomic mass is 10.2. The minimum atomic E-state index is -0.431. The Morgan fingerprint density at radius 1 is 0.875 bits per heavy atom. The van der Waals surface area contributed by atoms with Gasteiger partial charge in [0.2, 0.25) is 0 Å². The maximum absolute atomic E-state index is 13.5. The van der Waals surface area contributed by atoms with Gasteiger partial charge >= 0.3 is 0 Å². The van der Waals surface area contributed by atoms with Gasteiger partial charge < -0.3 is 9.47 Å². The van der Waals surface area contributed by atoms with Crippen LogP contribution < -0.4 is 9.47 Å². The van der Waals surface area contributed by atoms with E-state index in [9.17, 15) is 14.9 Å². The number of amides is 1. The number of methoxy groups -OCH3 is 1. The van der Waals surface area contributed by atoms with E-state index in [0.717, 1.165) is 28.1 Å². The summed E-state index contributed by atoms with van der Waals surface area (Å²) < 4.78 is 11.1. The Kier molecular flexibility index (Phi) is 8.22. The van der Waals surface area contributed by atoms with Gasteiger partial charge in [0.05, 0.1) is 29.2 Å². The van der Waals surface area contributed by atoms with Crippen molar-refractivity contribution in [2.45, 2.75) is 13.2 Å². The molecule has 8 nitrogen and oxygen atoms in total. The molecule has 5 rings (SSSR count). The molecule has 1 saturated heterocycles. The van der Waals surface area contributed by atoms with Crippen molar-refractivity contribution in [2.75, 3.05) is 7.11 Å². The van der Waals surface area contributed by atoms with Gasteiger partial charge in [-0.1, -0.05) is 42.5 Å². The molecule has 0 radical (unpaired) electrons. The van der Waals surface area contributed by atoms with Crippen molar-refractivity contribution < 1.29 is 19.2 Å². The molecule has 0 saturated carbocycles. The van der Waals surface area contributed by atoms with Crippen LogP contribution in [0.1, 0.15) is 16.7 Å². The van der Waals surface area contributed by atoms with Crippen molar-refractivity contribution in [2.24, 2.45) is 4.99 Å².